The fraction of sp³-hybridized carbons (Fsp3) is 0.167. The number of nitrogens with one attached hydrogen (secondary N) is 1. The largest absolute Gasteiger partial charge is 0.465 e. The summed E-state index contributed by atoms with van der Waals surface area (Å²) in [4.78, 5) is 24.3. The highest BCUT2D eigenvalue weighted by Crippen LogP contribution is 2.11. The van der Waals surface area contributed by atoms with Crippen LogP contribution in [-0.4, -0.2) is 34.0 Å². The third-order valence-electron chi connectivity index (χ3n) is 2.40. The second kappa shape index (κ2) is 5.30. The van der Waals surface area contributed by atoms with Crippen molar-refractivity contribution in [2.75, 3.05) is 12.4 Å². The summed E-state index contributed by atoms with van der Waals surface area (Å²) in [5.74, 6) is -0.786. The van der Waals surface area contributed by atoms with Gasteiger partial charge in [0.05, 0.1) is 18.9 Å². The van der Waals surface area contributed by atoms with Crippen molar-refractivity contribution in [2.24, 2.45) is 7.05 Å². The summed E-state index contributed by atoms with van der Waals surface area (Å²) in [6, 6.07) is 6.36. The number of amides is 1. The number of aromatic nitrogens is 3. The van der Waals surface area contributed by atoms with Gasteiger partial charge in [0, 0.05) is 12.7 Å². The first-order valence-corrected chi connectivity index (χ1v) is 5.46. The Morgan fingerprint density at radius 1 is 1.26 bits per heavy atom. The maximum atomic E-state index is 11.8. The van der Waals surface area contributed by atoms with Gasteiger partial charge in [-0.25, -0.2) is 4.79 Å². The summed E-state index contributed by atoms with van der Waals surface area (Å²) < 4.78 is 4.58. The Morgan fingerprint density at radius 3 is 2.47 bits per heavy atom. The minimum absolute atomic E-state index is 0.222. The Bertz CT molecular complexity index is 604. The van der Waals surface area contributed by atoms with Gasteiger partial charge in [-0.05, 0) is 24.3 Å². The van der Waals surface area contributed by atoms with Crippen LogP contribution in [0.2, 0.25) is 0 Å². The predicted molar refractivity (Wildman–Crippen MR) is 66.7 cm³/mol. The van der Waals surface area contributed by atoms with Crippen LogP contribution in [-0.2, 0) is 11.8 Å². The number of hydrogen-bond acceptors (Lipinski definition) is 5. The van der Waals surface area contributed by atoms with Crippen LogP contribution in [0.25, 0.3) is 0 Å². The first-order chi connectivity index (χ1) is 9.10. The standard InChI is InChI=1S/C12H12N4O3/c1-16-13-7-10(15-16)11(17)14-9-5-3-8(4-6-9)12(18)19-2/h3-7H,1-2H3,(H,14,17). The lowest BCUT2D eigenvalue weighted by Gasteiger charge is -2.04. The predicted octanol–water partition coefficient (Wildman–Crippen LogP) is 0.854. The van der Waals surface area contributed by atoms with Crippen LogP contribution in [0.4, 0.5) is 5.69 Å². The van der Waals surface area contributed by atoms with E-state index in [1.165, 1.54) is 18.1 Å². The second-order valence-electron chi connectivity index (χ2n) is 3.74. The van der Waals surface area contributed by atoms with Gasteiger partial charge in [0.25, 0.3) is 5.91 Å². The third kappa shape index (κ3) is 2.95. The van der Waals surface area contributed by atoms with E-state index in [1.807, 2.05) is 0 Å². The number of benzene rings is 1. The molecule has 0 spiro atoms. The van der Waals surface area contributed by atoms with Gasteiger partial charge in [0.1, 0.15) is 0 Å². The highest BCUT2D eigenvalue weighted by Gasteiger charge is 2.10. The zero-order valence-electron chi connectivity index (χ0n) is 10.5. The number of carbonyl (C=O) groups excluding carboxylic acids is 2. The van der Waals surface area contributed by atoms with Gasteiger partial charge < -0.3 is 10.1 Å². The smallest absolute Gasteiger partial charge is 0.337 e. The highest BCUT2D eigenvalue weighted by molar-refractivity contribution is 6.02. The fourth-order valence-electron chi connectivity index (χ4n) is 1.45. The van der Waals surface area contributed by atoms with Gasteiger partial charge >= 0.3 is 5.97 Å². The van der Waals surface area contributed by atoms with Gasteiger partial charge in [-0.15, -0.1) is 5.10 Å². The minimum Gasteiger partial charge on any atom is -0.465 e. The molecule has 98 valence electrons. The minimum atomic E-state index is -0.424. The SMILES string of the molecule is COC(=O)c1ccc(NC(=O)c2cnn(C)n2)cc1. The number of esters is 1. The number of hydrogen-bond donors (Lipinski definition) is 1. The molecule has 0 aliphatic heterocycles. The van der Waals surface area contributed by atoms with Crippen molar-refractivity contribution >= 4 is 17.6 Å². The molecule has 0 bridgehead atoms. The van der Waals surface area contributed by atoms with E-state index in [4.69, 9.17) is 0 Å². The lowest BCUT2D eigenvalue weighted by atomic mass is 10.2. The van der Waals surface area contributed by atoms with Crippen LogP contribution < -0.4 is 5.32 Å². The average molecular weight is 260 g/mol. The van der Waals surface area contributed by atoms with Crippen LogP contribution in [0.3, 0.4) is 0 Å². The molecule has 2 aromatic rings. The molecule has 1 N–H and O–H groups in total. The van der Waals surface area contributed by atoms with Crippen molar-refractivity contribution in [1.82, 2.24) is 15.0 Å². The van der Waals surface area contributed by atoms with Crippen LogP contribution >= 0.6 is 0 Å². The van der Waals surface area contributed by atoms with Crippen molar-refractivity contribution in [1.29, 1.82) is 0 Å². The van der Waals surface area contributed by atoms with Crippen LogP contribution in [0.5, 0.6) is 0 Å². The van der Waals surface area contributed by atoms with Crippen molar-refractivity contribution in [3.8, 4) is 0 Å². The van der Waals surface area contributed by atoms with Crippen LogP contribution in [0.15, 0.2) is 30.5 Å². The van der Waals surface area contributed by atoms with Gasteiger partial charge in [-0.2, -0.15) is 9.90 Å². The molecule has 7 heteroatoms. The Balaban J connectivity index is 2.07. The lowest BCUT2D eigenvalue weighted by Crippen LogP contribution is -2.13. The molecule has 1 aromatic heterocycles. The normalized spacial score (nSPS) is 10.0. The molecule has 0 fully saturated rings. The third-order valence-corrected chi connectivity index (χ3v) is 2.40. The molecule has 0 unspecified atom stereocenters. The lowest BCUT2D eigenvalue weighted by molar-refractivity contribution is 0.0600. The van der Waals surface area contributed by atoms with Crippen molar-refractivity contribution in [3.05, 3.63) is 41.7 Å². The maximum absolute atomic E-state index is 11.8. The summed E-state index contributed by atoms with van der Waals surface area (Å²) in [6.45, 7) is 0. The zero-order valence-corrected chi connectivity index (χ0v) is 10.5. The van der Waals surface area contributed by atoms with Gasteiger partial charge in [-0.3, -0.25) is 4.79 Å². The number of methoxy groups -OCH3 is 1. The zero-order chi connectivity index (χ0) is 13.8. The molecule has 0 aliphatic rings. The second-order valence-corrected chi connectivity index (χ2v) is 3.74. The molecule has 7 nitrogen and oxygen atoms in total. The Hall–Kier alpha value is -2.70. The molecule has 1 aromatic carbocycles. The summed E-state index contributed by atoms with van der Waals surface area (Å²) in [7, 11) is 2.94. The monoisotopic (exact) mass is 260 g/mol. The molecule has 0 radical (unpaired) electrons. The fourth-order valence-corrected chi connectivity index (χ4v) is 1.45. The van der Waals surface area contributed by atoms with E-state index < -0.39 is 5.97 Å². The van der Waals surface area contributed by atoms with E-state index in [2.05, 4.69) is 20.3 Å². The van der Waals surface area contributed by atoms with Crippen molar-refractivity contribution in [3.63, 3.8) is 0 Å². The van der Waals surface area contributed by atoms with Gasteiger partial charge in [0.15, 0.2) is 5.69 Å². The summed E-state index contributed by atoms with van der Waals surface area (Å²) in [6.07, 6.45) is 1.37. The number of nitrogens with zero attached hydrogens (tertiary/aromatic N) is 3. The first kappa shape index (κ1) is 12.7. The quantitative estimate of drug-likeness (QED) is 0.827. The van der Waals surface area contributed by atoms with Crippen LogP contribution in [0.1, 0.15) is 20.8 Å². The maximum Gasteiger partial charge on any atom is 0.337 e. The Labute approximate surface area is 109 Å². The van der Waals surface area contributed by atoms with E-state index >= 15 is 0 Å². The highest BCUT2D eigenvalue weighted by atomic mass is 16.5. The number of carbonyl (C=O) groups is 2. The van der Waals surface area contributed by atoms with Gasteiger partial charge in [0.2, 0.25) is 0 Å². The number of anilines is 1. The number of rotatable bonds is 3. The van der Waals surface area contributed by atoms with Crippen LogP contribution in [0, 0.1) is 0 Å². The average Bonchev–Trinajstić information content (AvgIpc) is 2.85. The molecule has 0 saturated carbocycles. The topological polar surface area (TPSA) is 86.1 Å². The molecule has 2 rings (SSSR count). The van der Waals surface area contributed by atoms with E-state index in [9.17, 15) is 9.59 Å². The number of aryl methyl sites for hydroxylation is 1. The molecule has 1 amide bonds. The molecule has 1 heterocycles. The Kier molecular flexibility index (Phi) is 3.56. The molecule has 19 heavy (non-hydrogen) atoms. The summed E-state index contributed by atoms with van der Waals surface area (Å²) >= 11 is 0. The van der Waals surface area contributed by atoms with E-state index in [-0.39, 0.29) is 11.6 Å². The van der Waals surface area contributed by atoms with E-state index in [0.29, 0.717) is 11.3 Å². The summed E-state index contributed by atoms with van der Waals surface area (Å²) in [5, 5.41) is 10.3. The van der Waals surface area contributed by atoms with Crippen molar-refractivity contribution < 1.29 is 14.3 Å². The molecular formula is C12H12N4O3. The van der Waals surface area contributed by atoms with Gasteiger partial charge in [-0.1, -0.05) is 0 Å². The first-order valence-electron chi connectivity index (χ1n) is 5.46. The molecule has 0 aliphatic carbocycles. The number of ether oxygens (including phenoxy) is 1. The Morgan fingerprint density at radius 2 is 1.95 bits per heavy atom. The molecule has 0 saturated heterocycles. The van der Waals surface area contributed by atoms with E-state index in [1.54, 1.807) is 31.3 Å². The van der Waals surface area contributed by atoms with E-state index in [0.717, 1.165) is 0 Å². The summed E-state index contributed by atoms with van der Waals surface area (Å²) in [5.41, 5.74) is 1.20. The molecule has 0 atom stereocenters. The molecular weight excluding hydrogens is 248 g/mol. The van der Waals surface area contributed by atoms with Crippen molar-refractivity contribution in [2.45, 2.75) is 0 Å².